The van der Waals surface area contributed by atoms with Crippen LogP contribution in [0.4, 0.5) is 10.1 Å². The molecule has 3 aliphatic heterocycles. The Balaban J connectivity index is 1.33. The van der Waals surface area contributed by atoms with Crippen molar-refractivity contribution in [1.29, 1.82) is 0 Å². The van der Waals surface area contributed by atoms with Gasteiger partial charge in [0.05, 0.1) is 17.9 Å². The van der Waals surface area contributed by atoms with Crippen LogP contribution < -0.4 is 10.6 Å². The zero-order valence-electron chi connectivity index (χ0n) is 21.7. The molecule has 2 N–H and O–H groups in total. The standard InChI is InChI=1S/C30H31ClFN3O4/c1-17-11-12-20(15-21(17)31)34-27(36)24-23-13-14-30(39-23)25(24)29(38)35(16-18-7-5-6-10-22(18)32)26(30)28(37)33-19-8-3-2-4-9-19/h5-7,10-15,19,23-26H,2-4,8-9,16H2,1H3,(H,33,37)(H,34,36)/t23-,24-,25-,26-,30-/m0/s1. The number of ether oxygens (including phenoxy) is 1. The molecule has 204 valence electrons. The number of benzene rings is 2. The summed E-state index contributed by atoms with van der Waals surface area (Å²) in [5.74, 6) is -3.33. The molecule has 3 fully saturated rings. The van der Waals surface area contributed by atoms with Gasteiger partial charge in [-0.3, -0.25) is 14.4 Å². The Morgan fingerprint density at radius 3 is 2.64 bits per heavy atom. The predicted octanol–water partition coefficient (Wildman–Crippen LogP) is 4.53. The molecule has 2 aromatic carbocycles. The number of carbonyl (C=O) groups is 3. The van der Waals surface area contributed by atoms with Crippen LogP contribution in [0.5, 0.6) is 0 Å². The molecule has 5 atom stereocenters. The first-order valence-electron chi connectivity index (χ1n) is 13.6. The third-order valence-electron chi connectivity index (χ3n) is 8.61. The molecule has 6 rings (SSSR count). The Hall–Kier alpha value is -3.23. The summed E-state index contributed by atoms with van der Waals surface area (Å²) in [6.45, 7) is 1.77. The molecule has 3 amide bonds. The van der Waals surface area contributed by atoms with Gasteiger partial charge >= 0.3 is 0 Å². The summed E-state index contributed by atoms with van der Waals surface area (Å²) in [4.78, 5) is 42.9. The number of aryl methyl sites for hydroxylation is 1. The second-order valence-corrected chi connectivity index (χ2v) is 11.5. The van der Waals surface area contributed by atoms with Gasteiger partial charge in [0.25, 0.3) is 0 Å². The fourth-order valence-corrected chi connectivity index (χ4v) is 6.85. The summed E-state index contributed by atoms with van der Waals surface area (Å²) < 4.78 is 21.1. The molecule has 4 aliphatic rings. The van der Waals surface area contributed by atoms with E-state index in [0.717, 1.165) is 37.7 Å². The minimum Gasteiger partial charge on any atom is -0.359 e. The highest BCUT2D eigenvalue weighted by atomic mass is 35.5. The number of halogens is 2. The van der Waals surface area contributed by atoms with Crippen molar-refractivity contribution in [3.8, 4) is 0 Å². The highest BCUT2D eigenvalue weighted by Gasteiger charge is 2.72. The molecule has 9 heteroatoms. The molecular formula is C30H31ClFN3O4. The summed E-state index contributed by atoms with van der Waals surface area (Å²) >= 11 is 6.25. The SMILES string of the molecule is Cc1ccc(NC(=O)[C@H]2[C@@H]3C=C[C@]4(O3)[C@@H]2C(=O)N(Cc2ccccc2F)[C@H]4C(=O)NC2CCCCC2)cc1Cl. The fraction of sp³-hybridized carbons (Fsp3) is 0.433. The smallest absolute Gasteiger partial charge is 0.246 e. The molecule has 0 radical (unpaired) electrons. The van der Waals surface area contributed by atoms with Gasteiger partial charge in [0, 0.05) is 28.9 Å². The second-order valence-electron chi connectivity index (χ2n) is 11.1. The highest BCUT2D eigenvalue weighted by molar-refractivity contribution is 6.31. The lowest BCUT2D eigenvalue weighted by Crippen LogP contribution is -2.56. The van der Waals surface area contributed by atoms with Crippen molar-refractivity contribution in [3.63, 3.8) is 0 Å². The Bertz CT molecular complexity index is 1360. The summed E-state index contributed by atoms with van der Waals surface area (Å²) in [6, 6.07) is 10.4. The quantitative estimate of drug-likeness (QED) is 0.517. The lowest BCUT2D eigenvalue weighted by atomic mass is 9.74. The van der Waals surface area contributed by atoms with Gasteiger partial charge in [-0.25, -0.2) is 4.39 Å². The number of hydrogen-bond acceptors (Lipinski definition) is 4. The van der Waals surface area contributed by atoms with Crippen LogP contribution in [-0.4, -0.2) is 46.4 Å². The minimum absolute atomic E-state index is 0.0140. The number of anilines is 1. The van der Waals surface area contributed by atoms with Gasteiger partial charge in [0.15, 0.2) is 0 Å². The molecule has 39 heavy (non-hydrogen) atoms. The third-order valence-corrected chi connectivity index (χ3v) is 9.02. The number of fused-ring (bicyclic) bond motifs is 1. The van der Waals surface area contributed by atoms with Crippen LogP contribution in [0, 0.1) is 24.6 Å². The van der Waals surface area contributed by atoms with Gasteiger partial charge in [0.2, 0.25) is 17.7 Å². The van der Waals surface area contributed by atoms with E-state index in [0.29, 0.717) is 16.3 Å². The van der Waals surface area contributed by atoms with Crippen LogP contribution in [0.25, 0.3) is 0 Å². The average Bonchev–Trinajstić information content (AvgIpc) is 3.56. The number of nitrogens with one attached hydrogen (secondary N) is 2. The van der Waals surface area contributed by atoms with E-state index in [4.69, 9.17) is 16.3 Å². The number of nitrogens with zero attached hydrogens (tertiary/aromatic N) is 1. The molecule has 1 aliphatic carbocycles. The summed E-state index contributed by atoms with van der Waals surface area (Å²) in [5.41, 5.74) is 0.378. The highest BCUT2D eigenvalue weighted by Crippen LogP contribution is 2.55. The van der Waals surface area contributed by atoms with E-state index in [2.05, 4.69) is 10.6 Å². The molecular weight excluding hydrogens is 521 g/mol. The molecule has 1 spiro atoms. The zero-order valence-corrected chi connectivity index (χ0v) is 22.4. The average molecular weight is 552 g/mol. The molecule has 2 bridgehead atoms. The van der Waals surface area contributed by atoms with Gasteiger partial charge in [-0.15, -0.1) is 0 Å². The van der Waals surface area contributed by atoms with Crippen LogP contribution >= 0.6 is 11.6 Å². The fourth-order valence-electron chi connectivity index (χ4n) is 6.67. The van der Waals surface area contributed by atoms with Crippen LogP contribution in [0.1, 0.15) is 43.2 Å². The number of hydrogen-bond donors (Lipinski definition) is 2. The van der Waals surface area contributed by atoms with Crippen molar-refractivity contribution in [2.45, 2.75) is 69.4 Å². The Labute approximate surface area is 231 Å². The number of carbonyl (C=O) groups excluding carboxylic acids is 3. The van der Waals surface area contributed by atoms with Crippen molar-refractivity contribution < 1.29 is 23.5 Å². The van der Waals surface area contributed by atoms with Gasteiger partial charge < -0.3 is 20.3 Å². The maximum Gasteiger partial charge on any atom is 0.246 e. The Morgan fingerprint density at radius 1 is 1.13 bits per heavy atom. The third kappa shape index (κ3) is 4.43. The minimum atomic E-state index is -1.31. The Morgan fingerprint density at radius 2 is 1.90 bits per heavy atom. The van der Waals surface area contributed by atoms with E-state index >= 15 is 0 Å². The van der Waals surface area contributed by atoms with Crippen molar-refractivity contribution in [1.82, 2.24) is 10.2 Å². The van der Waals surface area contributed by atoms with Gasteiger partial charge in [-0.05, 0) is 43.5 Å². The van der Waals surface area contributed by atoms with Crippen molar-refractivity contribution in [2.75, 3.05) is 5.32 Å². The molecule has 0 aromatic heterocycles. The van der Waals surface area contributed by atoms with E-state index < -0.39 is 41.3 Å². The zero-order chi connectivity index (χ0) is 27.3. The lowest BCUT2D eigenvalue weighted by molar-refractivity contribution is -0.142. The van der Waals surface area contributed by atoms with E-state index in [9.17, 15) is 18.8 Å². The summed E-state index contributed by atoms with van der Waals surface area (Å²) in [7, 11) is 0. The molecule has 2 saturated heterocycles. The first-order chi connectivity index (χ1) is 18.8. The summed E-state index contributed by atoms with van der Waals surface area (Å²) in [6.07, 6.45) is 7.83. The Kier molecular flexibility index (Phi) is 6.71. The van der Waals surface area contributed by atoms with Gasteiger partial charge in [0.1, 0.15) is 17.5 Å². The normalized spacial score (nSPS) is 29.5. The predicted molar refractivity (Wildman–Crippen MR) is 144 cm³/mol. The first kappa shape index (κ1) is 26.0. The molecule has 1 saturated carbocycles. The first-order valence-corrected chi connectivity index (χ1v) is 13.9. The number of rotatable bonds is 6. The van der Waals surface area contributed by atoms with Crippen LogP contribution in [0.15, 0.2) is 54.6 Å². The molecule has 3 heterocycles. The van der Waals surface area contributed by atoms with Gasteiger partial charge in [-0.2, -0.15) is 0 Å². The monoisotopic (exact) mass is 551 g/mol. The number of amides is 3. The van der Waals surface area contributed by atoms with Gasteiger partial charge in [-0.1, -0.05) is 67.3 Å². The van der Waals surface area contributed by atoms with Crippen LogP contribution in [0.2, 0.25) is 5.02 Å². The topological polar surface area (TPSA) is 87.7 Å². The molecule has 7 nitrogen and oxygen atoms in total. The second kappa shape index (κ2) is 10.1. The number of likely N-dealkylation sites (tertiary alicyclic amines) is 1. The van der Waals surface area contributed by atoms with E-state index in [1.54, 1.807) is 48.6 Å². The van der Waals surface area contributed by atoms with Crippen molar-refractivity contribution >= 4 is 35.0 Å². The largest absolute Gasteiger partial charge is 0.359 e. The van der Waals surface area contributed by atoms with E-state index in [1.165, 1.54) is 11.0 Å². The lowest BCUT2D eigenvalue weighted by Gasteiger charge is -2.34. The van der Waals surface area contributed by atoms with Crippen LogP contribution in [0.3, 0.4) is 0 Å². The van der Waals surface area contributed by atoms with Crippen molar-refractivity contribution in [3.05, 3.63) is 76.6 Å². The van der Waals surface area contributed by atoms with Crippen molar-refractivity contribution in [2.24, 2.45) is 11.8 Å². The van der Waals surface area contributed by atoms with E-state index in [1.807, 2.05) is 6.92 Å². The van der Waals surface area contributed by atoms with Crippen LogP contribution in [-0.2, 0) is 25.7 Å². The summed E-state index contributed by atoms with van der Waals surface area (Å²) in [5, 5.41) is 6.54. The maximum atomic E-state index is 14.7. The maximum absolute atomic E-state index is 14.7. The molecule has 0 unspecified atom stereocenters. The van der Waals surface area contributed by atoms with E-state index in [-0.39, 0.29) is 24.4 Å². The molecule has 2 aromatic rings.